The second-order valence-electron chi connectivity index (χ2n) is 9.74. The van der Waals surface area contributed by atoms with Crippen molar-refractivity contribution < 1.29 is 31.1 Å². The number of nitrogens with zero attached hydrogens (tertiary/aromatic N) is 1. The van der Waals surface area contributed by atoms with Crippen LogP contribution >= 0.6 is 0 Å². The van der Waals surface area contributed by atoms with E-state index in [9.17, 15) is 26.4 Å². The van der Waals surface area contributed by atoms with Crippen molar-refractivity contribution in [3.63, 3.8) is 0 Å². The van der Waals surface area contributed by atoms with Crippen LogP contribution in [0.1, 0.15) is 51.9 Å². The molecule has 10 heteroatoms. The summed E-state index contributed by atoms with van der Waals surface area (Å²) in [6.07, 6.45) is -3.33. The highest BCUT2D eigenvalue weighted by atomic mass is 32.2. The highest BCUT2D eigenvalue weighted by Gasteiger charge is 2.35. The van der Waals surface area contributed by atoms with Gasteiger partial charge in [-0.15, -0.1) is 0 Å². The summed E-state index contributed by atoms with van der Waals surface area (Å²) in [5.74, 6) is -0.564. The number of carbonyl (C=O) groups excluding carboxylic acids is 1. The van der Waals surface area contributed by atoms with Gasteiger partial charge < -0.3 is 15.4 Å². The molecule has 1 unspecified atom stereocenters. The van der Waals surface area contributed by atoms with E-state index in [2.05, 4.69) is 4.90 Å². The van der Waals surface area contributed by atoms with Crippen LogP contribution in [0.4, 0.5) is 18.9 Å². The maximum absolute atomic E-state index is 13.0. The first-order chi connectivity index (χ1) is 18.4. The molecule has 208 valence electrons. The van der Waals surface area contributed by atoms with Gasteiger partial charge in [0.2, 0.25) is 5.91 Å². The molecule has 6 nitrogen and oxygen atoms in total. The number of ether oxygens (including phenoxy) is 1. The lowest BCUT2D eigenvalue weighted by molar-refractivity contribution is -0.137. The van der Waals surface area contributed by atoms with Crippen molar-refractivity contribution in [3.8, 4) is 0 Å². The average Bonchev–Trinajstić information content (AvgIpc) is 3.32. The quantitative estimate of drug-likeness (QED) is 0.389. The predicted molar refractivity (Wildman–Crippen MR) is 144 cm³/mol. The molecular weight excluding hydrogens is 529 g/mol. The number of halogens is 3. The van der Waals surface area contributed by atoms with Gasteiger partial charge in [0.15, 0.2) is 9.84 Å². The molecule has 1 amide bonds. The lowest BCUT2D eigenvalue weighted by Crippen LogP contribution is -2.33. The van der Waals surface area contributed by atoms with Crippen molar-refractivity contribution in [1.29, 1.82) is 0 Å². The number of hydrogen-bond donors (Lipinski definition) is 1. The SMILES string of the molecule is CCS(=O)(=O)c1ccc(Cc2cc(N3CC(c4ccc(C(F)(F)F)cc4)C[C@H]3COC)ccc2C(N)=O)cc1. The molecule has 1 fully saturated rings. The Morgan fingerprint density at radius 3 is 2.28 bits per heavy atom. The van der Waals surface area contributed by atoms with Crippen molar-refractivity contribution in [2.45, 2.75) is 42.8 Å². The fraction of sp³-hybridized carbons (Fsp3) is 0.345. The van der Waals surface area contributed by atoms with Gasteiger partial charge in [-0.1, -0.05) is 31.2 Å². The highest BCUT2D eigenvalue weighted by Crippen LogP contribution is 2.38. The number of carbonyl (C=O) groups is 1. The number of sulfone groups is 1. The zero-order chi connectivity index (χ0) is 28.4. The van der Waals surface area contributed by atoms with E-state index < -0.39 is 27.5 Å². The topological polar surface area (TPSA) is 89.7 Å². The van der Waals surface area contributed by atoms with Gasteiger partial charge in [0.1, 0.15) is 0 Å². The Kier molecular flexibility index (Phi) is 8.37. The van der Waals surface area contributed by atoms with Crippen molar-refractivity contribution in [1.82, 2.24) is 0 Å². The third-order valence-corrected chi connectivity index (χ3v) is 8.98. The number of methoxy groups -OCH3 is 1. The van der Waals surface area contributed by atoms with Gasteiger partial charge in [-0.2, -0.15) is 13.2 Å². The minimum Gasteiger partial charge on any atom is -0.383 e. The first kappa shape index (κ1) is 28.6. The van der Waals surface area contributed by atoms with Gasteiger partial charge in [-0.25, -0.2) is 8.42 Å². The number of rotatable bonds is 9. The normalized spacial score (nSPS) is 17.9. The van der Waals surface area contributed by atoms with Gasteiger partial charge in [-0.05, 0) is 72.0 Å². The number of hydrogen-bond acceptors (Lipinski definition) is 5. The van der Waals surface area contributed by atoms with Crippen molar-refractivity contribution in [2.24, 2.45) is 5.73 Å². The molecule has 1 saturated heterocycles. The number of anilines is 1. The molecule has 1 aliphatic rings. The Hall–Kier alpha value is -3.37. The number of amides is 1. The van der Waals surface area contributed by atoms with E-state index in [-0.39, 0.29) is 22.6 Å². The third-order valence-electron chi connectivity index (χ3n) is 7.23. The summed E-state index contributed by atoms with van der Waals surface area (Å²) >= 11 is 0. The maximum Gasteiger partial charge on any atom is 0.416 e. The predicted octanol–water partition coefficient (Wildman–Crippen LogP) is 5.20. The minimum absolute atomic E-state index is 0.000223. The van der Waals surface area contributed by atoms with E-state index in [1.165, 1.54) is 12.1 Å². The first-order valence-electron chi connectivity index (χ1n) is 12.6. The summed E-state index contributed by atoms with van der Waals surface area (Å²) < 4.78 is 68.8. The Balaban J connectivity index is 1.62. The molecule has 2 atom stereocenters. The summed E-state index contributed by atoms with van der Waals surface area (Å²) in [5, 5.41) is 0. The molecule has 0 spiro atoms. The summed E-state index contributed by atoms with van der Waals surface area (Å²) in [7, 11) is -1.72. The Morgan fingerprint density at radius 2 is 1.72 bits per heavy atom. The summed E-state index contributed by atoms with van der Waals surface area (Å²) in [6, 6.07) is 17.2. The van der Waals surface area contributed by atoms with Gasteiger partial charge in [0.25, 0.3) is 0 Å². The Bertz CT molecular complexity index is 1420. The fourth-order valence-electron chi connectivity index (χ4n) is 5.12. The van der Waals surface area contributed by atoms with Gasteiger partial charge in [0.05, 0.1) is 28.9 Å². The van der Waals surface area contributed by atoms with Gasteiger partial charge >= 0.3 is 6.18 Å². The number of nitrogens with two attached hydrogens (primary N) is 1. The summed E-state index contributed by atoms with van der Waals surface area (Å²) in [4.78, 5) is 14.6. The van der Waals surface area contributed by atoms with Crippen molar-refractivity contribution in [3.05, 3.63) is 94.5 Å². The van der Waals surface area contributed by atoms with Crippen LogP contribution in [0.25, 0.3) is 0 Å². The van der Waals surface area contributed by atoms with Crippen LogP contribution in [0.2, 0.25) is 0 Å². The summed E-state index contributed by atoms with van der Waals surface area (Å²) in [5.41, 5.74) is 8.52. The number of alkyl halides is 3. The van der Waals surface area contributed by atoms with E-state index in [0.717, 1.165) is 28.9 Å². The van der Waals surface area contributed by atoms with E-state index in [1.807, 2.05) is 12.1 Å². The molecule has 1 heterocycles. The van der Waals surface area contributed by atoms with Crippen molar-refractivity contribution >= 4 is 21.4 Å². The smallest absolute Gasteiger partial charge is 0.383 e. The molecule has 4 rings (SSSR count). The van der Waals surface area contributed by atoms with E-state index in [4.69, 9.17) is 10.5 Å². The largest absolute Gasteiger partial charge is 0.416 e. The molecule has 3 aromatic rings. The average molecular weight is 561 g/mol. The molecule has 0 bridgehead atoms. The van der Waals surface area contributed by atoms with Gasteiger partial charge in [-0.3, -0.25) is 4.79 Å². The summed E-state index contributed by atoms with van der Waals surface area (Å²) in [6.45, 7) is 2.58. The van der Waals surface area contributed by atoms with E-state index in [1.54, 1.807) is 44.4 Å². The Morgan fingerprint density at radius 1 is 1.05 bits per heavy atom. The lowest BCUT2D eigenvalue weighted by Gasteiger charge is -2.27. The third kappa shape index (κ3) is 6.45. The molecular formula is C29H31F3N2O4S. The van der Waals surface area contributed by atoms with Crippen LogP contribution in [0.15, 0.2) is 71.6 Å². The molecule has 0 radical (unpaired) electrons. The molecule has 0 aromatic heterocycles. The molecule has 0 aliphatic carbocycles. The zero-order valence-corrected chi connectivity index (χ0v) is 22.6. The van der Waals surface area contributed by atoms with Gasteiger partial charge in [0, 0.05) is 30.8 Å². The minimum atomic E-state index is -4.39. The van der Waals surface area contributed by atoms with Crippen molar-refractivity contribution in [2.75, 3.05) is 30.9 Å². The standard InChI is InChI=1S/C29H31F3N2O4S/c1-3-39(36,37)26-11-4-19(5-12-26)14-21-15-24(10-13-27(21)28(33)35)34-17-22(16-25(34)18-38-2)20-6-8-23(9-7-20)29(30,31)32/h4-13,15,22,25H,3,14,16-18H2,1-2H3,(H2,33,35)/t22?,25-/m0/s1. The van der Waals surface area contributed by atoms with Crippen LogP contribution in [-0.4, -0.2) is 46.4 Å². The number of benzene rings is 3. The first-order valence-corrected chi connectivity index (χ1v) is 14.2. The van der Waals surface area contributed by atoms with E-state index in [0.29, 0.717) is 37.1 Å². The maximum atomic E-state index is 13.0. The molecule has 2 N–H and O–H groups in total. The monoisotopic (exact) mass is 560 g/mol. The Labute approximate surface area is 226 Å². The van der Waals surface area contributed by atoms with Crippen LogP contribution < -0.4 is 10.6 Å². The second kappa shape index (κ2) is 11.4. The zero-order valence-electron chi connectivity index (χ0n) is 21.7. The second-order valence-corrected chi connectivity index (χ2v) is 12.0. The highest BCUT2D eigenvalue weighted by molar-refractivity contribution is 7.91. The van der Waals surface area contributed by atoms with Crippen LogP contribution in [0.3, 0.4) is 0 Å². The molecule has 1 aliphatic heterocycles. The molecule has 3 aromatic carbocycles. The molecule has 39 heavy (non-hydrogen) atoms. The van der Waals surface area contributed by atoms with Crippen LogP contribution in [0, 0.1) is 0 Å². The van der Waals surface area contributed by atoms with Crippen LogP contribution in [0.5, 0.6) is 0 Å². The van der Waals surface area contributed by atoms with E-state index >= 15 is 0 Å². The fourth-order valence-corrected chi connectivity index (χ4v) is 6.00. The lowest BCUT2D eigenvalue weighted by atomic mass is 9.95. The van der Waals surface area contributed by atoms with Crippen LogP contribution in [-0.2, 0) is 27.2 Å². The number of primary amides is 1. The molecule has 0 saturated carbocycles.